The summed E-state index contributed by atoms with van der Waals surface area (Å²) in [5, 5.41) is 6.31. The molecule has 0 heterocycles. The molecule has 240 valence electrons. The van der Waals surface area contributed by atoms with Gasteiger partial charge < -0.3 is 0 Å². The van der Waals surface area contributed by atoms with Crippen LogP contribution in [0.15, 0.2) is 121 Å². The summed E-state index contributed by atoms with van der Waals surface area (Å²) in [6, 6.07) is 48.0. The third-order valence-corrected chi connectivity index (χ3v) is 25.2. The first-order valence-electron chi connectivity index (χ1n) is 17.6. The highest BCUT2D eigenvalue weighted by molar-refractivity contribution is 7.05. The molecule has 4 aromatic rings. The Morgan fingerprint density at radius 2 is 0.913 bits per heavy atom. The van der Waals surface area contributed by atoms with Crippen LogP contribution in [0.1, 0.15) is 67.7 Å². The Labute approximate surface area is 280 Å². The highest BCUT2D eigenvalue weighted by Gasteiger charge is 2.61. The molecule has 0 saturated heterocycles. The Balaban J connectivity index is 1.42. The van der Waals surface area contributed by atoms with Crippen molar-refractivity contribution in [2.75, 3.05) is 0 Å². The summed E-state index contributed by atoms with van der Waals surface area (Å²) in [5.74, 6) is 1.70. The van der Waals surface area contributed by atoms with Gasteiger partial charge in [-0.25, -0.2) is 0 Å². The highest BCUT2D eigenvalue weighted by atomic mass is 28.3. The molecule has 4 atom stereocenters. The number of benzene rings is 4. The first-order valence-corrected chi connectivity index (χ1v) is 22.0. The highest BCUT2D eigenvalue weighted by Crippen LogP contribution is 2.59. The van der Waals surface area contributed by atoms with Gasteiger partial charge in [0.25, 0.3) is 0 Å². The van der Waals surface area contributed by atoms with Gasteiger partial charge in [0, 0.05) is 11.3 Å². The molecule has 0 N–H and O–H groups in total. The van der Waals surface area contributed by atoms with Gasteiger partial charge in [-0.2, -0.15) is 0 Å². The van der Waals surface area contributed by atoms with Gasteiger partial charge in [0.15, 0.2) is 0 Å². The number of rotatable bonds is 8. The molecule has 2 aliphatic rings. The molecule has 1 nitrogen and oxygen atoms in total. The molecular weight excluding hydrogens is 589 g/mol. The van der Waals surface area contributed by atoms with E-state index in [0.717, 1.165) is 25.3 Å². The maximum Gasteiger partial charge on any atom is 0.142 e. The van der Waals surface area contributed by atoms with Crippen molar-refractivity contribution in [3.63, 3.8) is 0 Å². The zero-order valence-electron chi connectivity index (χ0n) is 29.2. The maximum absolute atomic E-state index is 14.4. The van der Waals surface area contributed by atoms with E-state index in [1.165, 1.54) is 26.8 Å². The first-order chi connectivity index (χ1) is 21.8. The van der Waals surface area contributed by atoms with Crippen molar-refractivity contribution in [1.29, 1.82) is 0 Å². The molecular formula is C43H54OSi2. The summed E-state index contributed by atoms with van der Waals surface area (Å²) in [7, 11) is -4.53. The van der Waals surface area contributed by atoms with E-state index in [-0.39, 0.29) is 21.4 Å². The lowest BCUT2D eigenvalue weighted by molar-refractivity contribution is -0.133. The molecule has 2 bridgehead atoms. The minimum Gasteiger partial charge on any atom is -0.299 e. The molecule has 0 aliphatic heterocycles. The van der Waals surface area contributed by atoms with Crippen molar-refractivity contribution in [1.82, 2.24) is 0 Å². The van der Waals surface area contributed by atoms with E-state index in [4.69, 9.17) is 0 Å². The van der Waals surface area contributed by atoms with Gasteiger partial charge in [0.1, 0.15) is 21.9 Å². The zero-order chi connectivity index (χ0) is 32.8. The van der Waals surface area contributed by atoms with Crippen LogP contribution in [0.3, 0.4) is 0 Å². The Morgan fingerprint density at radius 3 is 1.26 bits per heavy atom. The predicted molar refractivity (Wildman–Crippen MR) is 202 cm³/mol. The summed E-state index contributed by atoms with van der Waals surface area (Å²) in [5.41, 5.74) is -0.272. The Kier molecular flexibility index (Phi) is 8.74. The molecule has 0 aromatic heterocycles. The van der Waals surface area contributed by atoms with Crippen molar-refractivity contribution in [2.45, 2.75) is 89.9 Å². The van der Waals surface area contributed by atoms with Crippen molar-refractivity contribution in [2.24, 2.45) is 23.2 Å². The smallest absolute Gasteiger partial charge is 0.142 e. The van der Waals surface area contributed by atoms with E-state index in [0.29, 0.717) is 17.6 Å². The minimum absolute atomic E-state index is 0.0973. The lowest BCUT2D eigenvalue weighted by atomic mass is 9.69. The fourth-order valence-corrected chi connectivity index (χ4v) is 22.1. The fraction of sp³-hybridized carbons (Fsp3) is 0.419. The first kappa shape index (κ1) is 32.9. The number of Topliss-reactive ketones (excluding diaryl/α,β-unsaturated/α-hetero) is 1. The second-order valence-corrected chi connectivity index (χ2v) is 26.6. The summed E-state index contributed by atoms with van der Waals surface area (Å²) in [4.78, 5) is 14.4. The molecule has 6 rings (SSSR count). The molecule has 2 aliphatic carbocycles. The van der Waals surface area contributed by atoms with Gasteiger partial charge in [-0.05, 0) is 53.3 Å². The van der Waals surface area contributed by atoms with E-state index in [2.05, 4.69) is 170 Å². The monoisotopic (exact) mass is 642 g/mol. The van der Waals surface area contributed by atoms with Gasteiger partial charge in [-0.1, -0.05) is 191 Å². The third-order valence-electron chi connectivity index (χ3n) is 12.5. The van der Waals surface area contributed by atoms with Crippen molar-refractivity contribution in [3.8, 4) is 0 Å². The molecule has 0 spiro atoms. The van der Waals surface area contributed by atoms with Crippen molar-refractivity contribution >= 4 is 42.7 Å². The molecule has 0 radical (unpaired) electrons. The SMILES string of the molecule is CC12CC(C[Si](c3ccccc3)(c3ccccc3)C(C)(C)C)CC(CC1C[Si](c1ccccc1)(c1ccccc1)C(C)(C)C)C2=O. The number of carbonyl (C=O) groups excluding carboxylic acids is 1. The Hall–Kier alpha value is -3.02. The third kappa shape index (κ3) is 5.42. The summed E-state index contributed by atoms with van der Waals surface area (Å²) in [6.07, 6.45) is 3.13. The predicted octanol–water partition coefficient (Wildman–Crippen LogP) is 8.73. The maximum atomic E-state index is 14.4. The standard InChI is InChI=1S/C43H54OSi2/c1-41(2,3)45(36-20-12-8-13-21-36,37-22-14-9-15-23-37)31-33-28-34-29-35(43(7,30-33)40(34)44)32-46(42(4,5)6,38-24-16-10-17-25-38)39-26-18-11-19-27-39/h8-27,33-35H,28-32H2,1-7H3. The molecule has 4 aromatic carbocycles. The summed E-state index contributed by atoms with van der Waals surface area (Å²) >= 11 is 0. The van der Waals surface area contributed by atoms with Crippen LogP contribution in [-0.2, 0) is 4.79 Å². The van der Waals surface area contributed by atoms with Crippen LogP contribution >= 0.6 is 0 Å². The normalized spacial score (nSPS) is 23.8. The van der Waals surface area contributed by atoms with Crippen LogP contribution in [0.2, 0.25) is 22.2 Å². The lowest BCUT2D eigenvalue weighted by Gasteiger charge is -2.49. The molecule has 3 heteroatoms. The fourth-order valence-electron chi connectivity index (χ4n) is 10.2. The van der Waals surface area contributed by atoms with Gasteiger partial charge in [0.05, 0.1) is 0 Å². The number of hydrogen-bond donors (Lipinski definition) is 0. The molecule has 0 amide bonds. The Morgan fingerprint density at radius 1 is 0.565 bits per heavy atom. The quantitative estimate of drug-likeness (QED) is 0.176. The van der Waals surface area contributed by atoms with Crippen LogP contribution in [0, 0.1) is 23.2 Å². The number of carbonyl (C=O) groups is 1. The summed E-state index contributed by atoms with van der Waals surface area (Å²) < 4.78 is 0. The van der Waals surface area contributed by atoms with E-state index in [9.17, 15) is 4.79 Å². The number of fused-ring (bicyclic) bond motifs is 2. The van der Waals surface area contributed by atoms with Crippen molar-refractivity contribution in [3.05, 3.63) is 121 Å². The van der Waals surface area contributed by atoms with Crippen LogP contribution in [-0.4, -0.2) is 21.9 Å². The Bertz CT molecular complexity index is 1540. The van der Waals surface area contributed by atoms with Gasteiger partial charge in [-0.15, -0.1) is 0 Å². The van der Waals surface area contributed by atoms with E-state index < -0.39 is 16.1 Å². The van der Waals surface area contributed by atoms with E-state index >= 15 is 0 Å². The molecule has 2 fully saturated rings. The molecule has 4 unspecified atom stereocenters. The second-order valence-electron chi connectivity index (χ2n) is 16.9. The number of ketones is 1. The summed E-state index contributed by atoms with van der Waals surface area (Å²) in [6.45, 7) is 17.2. The second kappa shape index (κ2) is 12.2. The molecule has 2 saturated carbocycles. The topological polar surface area (TPSA) is 17.1 Å². The van der Waals surface area contributed by atoms with E-state index in [1.807, 2.05) is 0 Å². The van der Waals surface area contributed by atoms with E-state index in [1.54, 1.807) is 0 Å². The van der Waals surface area contributed by atoms with Gasteiger partial charge >= 0.3 is 0 Å². The van der Waals surface area contributed by atoms with Crippen molar-refractivity contribution < 1.29 is 4.79 Å². The zero-order valence-corrected chi connectivity index (χ0v) is 31.2. The van der Waals surface area contributed by atoms with Crippen LogP contribution in [0.25, 0.3) is 0 Å². The average Bonchev–Trinajstić information content (AvgIpc) is 3.16. The lowest BCUT2D eigenvalue weighted by Crippen LogP contribution is -2.66. The largest absolute Gasteiger partial charge is 0.299 e. The van der Waals surface area contributed by atoms with Crippen LogP contribution < -0.4 is 20.7 Å². The van der Waals surface area contributed by atoms with Gasteiger partial charge in [-0.3, -0.25) is 4.79 Å². The average molecular weight is 643 g/mol. The molecule has 46 heavy (non-hydrogen) atoms. The van der Waals surface area contributed by atoms with Gasteiger partial charge in [0.2, 0.25) is 0 Å². The van der Waals surface area contributed by atoms with Crippen LogP contribution in [0.4, 0.5) is 0 Å². The minimum atomic E-state index is -2.30. The number of hydrogen-bond acceptors (Lipinski definition) is 1. The van der Waals surface area contributed by atoms with Crippen LogP contribution in [0.5, 0.6) is 0 Å².